The molecule has 5 heteroatoms. The van der Waals surface area contributed by atoms with Crippen LogP contribution >= 0.6 is 0 Å². The minimum Gasteiger partial charge on any atom is -0.478 e. The third-order valence-corrected chi connectivity index (χ3v) is 2.29. The van der Waals surface area contributed by atoms with Crippen LogP contribution in [-0.4, -0.2) is 36.9 Å². The van der Waals surface area contributed by atoms with Gasteiger partial charge in [-0.05, 0) is 12.5 Å². The predicted molar refractivity (Wildman–Crippen MR) is 52.2 cm³/mol. The minimum atomic E-state index is -1.06. The maximum atomic E-state index is 10.8. The van der Waals surface area contributed by atoms with Gasteiger partial charge >= 0.3 is 5.97 Å². The van der Waals surface area contributed by atoms with Crippen molar-refractivity contribution in [2.75, 3.05) is 13.7 Å². The Labute approximate surface area is 88.6 Å². The molecule has 1 heterocycles. The number of hydrogen-bond donors (Lipinski definition) is 1. The van der Waals surface area contributed by atoms with E-state index in [0.29, 0.717) is 18.6 Å². The summed E-state index contributed by atoms with van der Waals surface area (Å²) in [5.41, 5.74) is 0.323. The molecule has 1 N–H and O–H groups in total. The predicted octanol–water partition coefficient (Wildman–Crippen LogP) is 1.14. The lowest BCUT2D eigenvalue weighted by atomic mass is 10.1. The van der Waals surface area contributed by atoms with Crippen LogP contribution < -0.4 is 0 Å². The van der Waals surface area contributed by atoms with E-state index in [1.165, 1.54) is 7.11 Å². The van der Waals surface area contributed by atoms with E-state index in [2.05, 4.69) is 0 Å². The SMILES string of the molecule is CCC(=CC1COC(C)(OC)O1)C(=O)O. The van der Waals surface area contributed by atoms with E-state index in [1.807, 2.05) is 0 Å². The third-order valence-electron chi connectivity index (χ3n) is 2.29. The third kappa shape index (κ3) is 3.02. The van der Waals surface area contributed by atoms with Crippen LogP contribution in [0.1, 0.15) is 20.3 Å². The number of carbonyl (C=O) groups is 1. The summed E-state index contributed by atoms with van der Waals surface area (Å²) in [6.07, 6.45) is 1.66. The smallest absolute Gasteiger partial charge is 0.331 e. The van der Waals surface area contributed by atoms with Gasteiger partial charge in [-0.3, -0.25) is 0 Å². The van der Waals surface area contributed by atoms with Crippen molar-refractivity contribution in [3.8, 4) is 0 Å². The number of ether oxygens (including phenoxy) is 3. The Morgan fingerprint density at radius 3 is 2.80 bits per heavy atom. The first-order valence-corrected chi connectivity index (χ1v) is 4.81. The molecule has 0 aliphatic carbocycles. The van der Waals surface area contributed by atoms with Crippen molar-refractivity contribution in [2.45, 2.75) is 32.3 Å². The van der Waals surface area contributed by atoms with Crippen molar-refractivity contribution in [2.24, 2.45) is 0 Å². The lowest BCUT2D eigenvalue weighted by Gasteiger charge is -2.19. The quantitative estimate of drug-likeness (QED) is 0.714. The molecule has 1 aliphatic rings. The number of rotatable bonds is 4. The zero-order valence-corrected chi connectivity index (χ0v) is 9.15. The van der Waals surface area contributed by atoms with Crippen LogP contribution in [0.2, 0.25) is 0 Å². The second-order valence-corrected chi connectivity index (χ2v) is 3.38. The van der Waals surface area contributed by atoms with Gasteiger partial charge in [-0.15, -0.1) is 0 Å². The lowest BCUT2D eigenvalue weighted by molar-refractivity contribution is -0.310. The highest BCUT2D eigenvalue weighted by Crippen LogP contribution is 2.25. The molecule has 2 atom stereocenters. The fraction of sp³-hybridized carbons (Fsp3) is 0.700. The number of hydrogen-bond acceptors (Lipinski definition) is 4. The van der Waals surface area contributed by atoms with Crippen LogP contribution in [-0.2, 0) is 19.0 Å². The Morgan fingerprint density at radius 2 is 2.40 bits per heavy atom. The summed E-state index contributed by atoms with van der Waals surface area (Å²) in [4.78, 5) is 10.8. The summed E-state index contributed by atoms with van der Waals surface area (Å²) in [5.74, 6) is -1.98. The summed E-state index contributed by atoms with van der Waals surface area (Å²) in [6, 6.07) is 0. The number of methoxy groups -OCH3 is 1. The van der Waals surface area contributed by atoms with Crippen molar-refractivity contribution in [1.29, 1.82) is 0 Å². The van der Waals surface area contributed by atoms with Gasteiger partial charge in [-0.25, -0.2) is 4.79 Å². The monoisotopic (exact) mass is 216 g/mol. The van der Waals surface area contributed by atoms with Gasteiger partial charge in [-0.2, -0.15) is 0 Å². The van der Waals surface area contributed by atoms with Crippen LogP contribution in [0.3, 0.4) is 0 Å². The molecule has 1 aliphatic heterocycles. The molecule has 15 heavy (non-hydrogen) atoms. The van der Waals surface area contributed by atoms with E-state index in [-0.39, 0.29) is 6.10 Å². The van der Waals surface area contributed by atoms with Crippen molar-refractivity contribution >= 4 is 5.97 Å². The molecular formula is C10H16O5. The average Bonchev–Trinajstić information content (AvgIpc) is 2.57. The number of carboxylic acid groups (broad SMARTS) is 1. The van der Waals surface area contributed by atoms with Gasteiger partial charge < -0.3 is 19.3 Å². The van der Waals surface area contributed by atoms with E-state index in [1.54, 1.807) is 19.9 Å². The van der Waals surface area contributed by atoms with Crippen molar-refractivity contribution in [3.05, 3.63) is 11.6 Å². The molecule has 0 radical (unpaired) electrons. The Hall–Kier alpha value is -0.910. The van der Waals surface area contributed by atoms with E-state index in [4.69, 9.17) is 19.3 Å². The molecule has 0 aromatic heterocycles. The Balaban J connectivity index is 2.65. The first kappa shape index (κ1) is 12.2. The van der Waals surface area contributed by atoms with Crippen molar-refractivity contribution in [3.63, 3.8) is 0 Å². The van der Waals surface area contributed by atoms with Gasteiger partial charge in [0, 0.05) is 19.6 Å². The Kier molecular flexibility index (Phi) is 3.84. The maximum absolute atomic E-state index is 10.8. The number of aliphatic carboxylic acids is 1. The lowest BCUT2D eigenvalue weighted by Crippen LogP contribution is -2.28. The zero-order valence-electron chi connectivity index (χ0n) is 9.15. The summed E-state index contributed by atoms with van der Waals surface area (Å²) in [6.45, 7) is 3.74. The van der Waals surface area contributed by atoms with E-state index in [0.717, 1.165) is 0 Å². The van der Waals surface area contributed by atoms with Gasteiger partial charge in [0.25, 0.3) is 5.97 Å². The molecule has 0 spiro atoms. The van der Waals surface area contributed by atoms with Crippen LogP contribution in [0.5, 0.6) is 0 Å². The fourth-order valence-corrected chi connectivity index (χ4v) is 1.33. The topological polar surface area (TPSA) is 65.0 Å². The summed E-state index contributed by atoms with van der Waals surface area (Å²) in [7, 11) is 1.48. The molecule has 0 aromatic carbocycles. The molecule has 2 unspecified atom stereocenters. The van der Waals surface area contributed by atoms with Gasteiger partial charge in [-0.1, -0.05) is 6.92 Å². The second-order valence-electron chi connectivity index (χ2n) is 3.38. The fourth-order valence-electron chi connectivity index (χ4n) is 1.33. The highest BCUT2D eigenvalue weighted by Gasteiger charge is 2.36. The molecule has 0 amide bonds. The first-order chi connectivity index (χ1) is 7.00. The van der Waals surface area contributed by atoms with Gasteiger partial charge in [0.1, 0.15) is 6.10 Å². The highest BCUT2D eigenvalue weighted by molar-refractivity contribution is 5.86. The van der Waals surface area contributed by atoms with Crippen molar-refractivity contribution in [1.82, 2.24) is 0 Å². The van der Waals surface area contributed by atoms with E-state index < -0.39 is 11.9 Å². The normalized spacial score (nSPS) is 31.9. The van der Waals surface area contributed by atoms with Crippen LogP contribution in [0.15, 0.2) is 11.6 Å². The summed E-state index contributed by atoms with van der Waals surface area (Å²) in [5, 5.41) is 8.82. The minimum absolute atomic E-state index is 0.307. The molecule has 86 valence electrons. The molecule has 5 nitrogen and oxygen atoms in total. The Morgan fingerprint density at radius 1 is 1.73 bits per heavy atom. The molecule has 1 fully saturated rings. The standard InChI is InChI=1S/C10H16O5/c1-4-7(9(11)12)5-8-6-14-10(2,13-3)15-8/h5,8H,4,6H2,1-3H3,(H,11,12). The van der Waals surface area contributed by atoms with Gasteiger partial charge in [0.05, 0.1) is 6.61 Å². The number of carboxylic acids is 1. The second kappa shape index (κ2) is 4.74. The van der Waals surface area contributed by atoms with Crippen LogP contribution in [0.25, 0.3) is 0 Å². The largest absolute Gasteiger partial charge is 0.478 e. The molecule has 0 bridgehead atoms. The van der Waals surface area contributed by atoms with Gasteiger partial charge in [0.15, 0.2) is 0 Å². The first-order valence-electron chi connectivity index (χ1n) is 4.81. The molecule has 0 saturated carbocycles. The average molecular weight is 216 g/mol. The van der Waals surface area contributed by atoms with Crippen molar-refractivity contribution < 1.29 is 24.1 Å². The van der Waals surface area contributed by atoms with E-state index in [9.17, 15) is 4.79 Å². The van der Waals surface area contributed by atoms with Crippen LogP contribution in [0, 0.1) is 0 Å². The van der Waals surface area contributed by atoms with Crippen LogP contribution in [0.4, 0.5) is 0 Å². The maximum Gasteiger partial charge on any atom is 0.331 e. The summed E-state index contributed by atoms with van der Waals surface area (Å²) >= 11 is 0. The van der Waals surface area contributed by atoms with Gasteiger partial charge in [0.2, 0.25) is 0 Å². The Bertz CT molecular complexity index is 273. The molecule has 1 saturated heterocycles. The molecule has 0 aromatic rings. The molecule has 1 rings (SSSR count). The summed E-state index contributed by atoms with van der Waals surface area (Å²) < 4.78 is 15.6. The zero-order chi connectivity index (χ0) is 11.5. The highest BCUT2D eigenvalue weighted by atomic mass is 16.9. The molecular weight excluding hydrogens is 200 g/mol. The van der Waals surface area contributed by atoms with E-state index >= 15 is 0 Å².